The quantitative estimate of drug-likeness (QED) is 0.642. The Morgan fingerprint density at radius 3 is 2.50 bits per heavy atom. The van der Waals surface area contributed by atoms with Crippen LogP contribution in [0.5, 0.6) is 0 Å². The lowest BCUT2D eigenvalue weighted by molar-refractivity contribution is 0.345. The maximum absolute atomic E-state index is 3.59. The second-order valence-corrected chi connectivity index (χ2v) is 4.87. The van der Waals surface area contributed by atoms with E-state index in [-0.39, 0.29) is 0 Å². The van der Waals surface area contributed by atoms with E-state index in [0.29, 0.717) is 0 Å². The van der Waals surface area contributed by atoms with E-state index in [9.17, 15) is 0 Å². The summed E-state index contributed by atoms with van der Waals surface area (Å²) < 4.78 is 0. The van der Waals surface area contributed by atoms with Crippen molar-refractivity contribution in [1.29, 1.82) is 0 Å². The standard InChI is InChI=1S/C12H26N2/c1-4-13-12(9-10-14(2)3)8-7-11-5-6-11/h11-13H,4-10H2,1-3H3. The molecule has 1 unspecified atom stereocenters. The average molecular weight is 198 g/mol. The Balaban J connectivity index is 2.08. The summed E-state index contributed by atoms with van der Waals surface area (Å²) >= 11 is 0. The third kappa shape index (κ3) is 5.61. The van der Waals surface area contributed by atoms with Crippen LogP contribution in [-0.4, -0.2) is 38.1 Å². The first-order chi connectivity index (χ1) is 6.72. The van der Waals surface area contributed by atoms with Gasteiger partial charge in [0.2, 0.25) is 0 Å². The fraction of sp³-hybridized carbons (Fsp3) is 1.00. The van der Waals surface area contributed by atoms with Crippen LogP contribution in [-0.2, 0) is 0 Å². The van der Waals surface area contributed by atoms with Gasteiger partial charge in [-0.15, -0.1) is 0 Å². The smallest absolute Gasteiger partial charge is 0.00792 e. The molecule has 0 aromatic heterocycles. The summed E-state index contributed by atoms with van der Waals surface area (Å²) in [6.45, 7) is 4.53. The van der Waals surface area contributed by atoms with Gasteiger partial charge in [0.15, 0.2) is 0 Å². The highest BCUT2D eigenvalue weighted by Gasteiger charge is 2.22. The van der Waals surface area contributed by atoms with Crippen LogP contribution in [0.1, 0.15) is 39.0 Å². The van der Waals surface area contributed by atoms with E-state index >= 15 is 0 Å². The van der Waals surface area contributed by atoms with Crippen molar-refractivity contribution in [2.24, 2.45) is 5.92 Å². The molecular formula is C12H26N2. The van der Waals surface area contributed by atoms with Crippen LogP contribution in [0.25, 0.3) is 0 Å². The molecule has 0 heterocycles. The van der Waals surface area contributed by atoms with Gasteiger partial charge in [0.25, 0.3) is 0 Å². The first-order valence-corrected chi connectivity index (χ1v) is 6.10. The third-order valence-electron chi connectivity index (χ3n) is 3.04. The molecule has 84 valence electrons. The Kier molecular flexibility index (Phi) is 5.49. The third-order valence-corrected chi connectivity index (χ3v) is 3.04. The minimum atomic E-state index is 0.753. The van der Waals surface area contributed by atoms with Crippen molar-refractivity contribution in [3.63, 3.8) is 0 Å². The minimum absolute atomic E-state index is 0.753. The van der Waals surface area contributed by atoms with Gasteiger partial charge in [-0.05, 0) is 52.4 Å². The summed E-state index contributed by atoms with van der Waals surface area (Å²) in [6.07, 6.45) is 7.12. The van der Waals surface area contributed by atoms with E-state index in [4.69, 9.17) is 0 Å². The zero-order chi connectivity index (χ0) is 10.4. The van der Waals surface area contributed by atoms with E-state index in [1.54, 1.807) is 0 Å². The minimum Gasteiger partial charge on any atom is -0.314 e. The summed E-state index contributed by atoms with van der Waals surface area (Å²) in [5.41, 5.74) is 0. The Morgan fingerprint density at radius 1 is 1.29 bits per heavy atom. The molecule has 0 bridgehead atoms. The van der Waals surface area contributed by atoms with Crippen molar-refractivity contribution < 1.29 is 0 Å². The van der Waals surface area contributed by atoms with E-state index in [0.717, 1.165) is 18.5 Å². The molecule has 1 rings (SSSR count). The fourth-order valence-electron chi connectivity index (χ4n) is 1.89. The molecule has 1 aliphatic carbocycles. The van der Waals surface area contributed by atoms with Gasteiger partial charge in [0.05, 0.1) is 0 Å². The Morgan fingerprint density at radius 2 is 2.00 bits per heavy atom. The van der Waals surface area contributed by atoms with E-state index in [2.05, 4.69) is 31.2 Å². The van der Waals surface area contributed by atoms with Gasteiger partial charge >= 0.3 is 0 Å². The van der Waals surface area contributed by atoms with E-state index < -0.39 is 0 Å². The van der Waals surface area contributed by atoms with Crippen molar-refractivity contribution in [2.75, 3.05) is 27.2 Å². The molecule has 1 saturated carbocycles. The van der Waals surface area contributed by atoms with Crippen LogP contribution in [0.15, 0.2) is 0 Å². The predicted molar refractivity (Wildman–Crippen MR) is 62.6 cm³/mol. The van der Waals surface area contributed by atoms with Crippen molar-refractivity contribution in [2.45, 2.75) is 45.1 Å². The Hall–Kier alpha value is -0.0800. The monoisotopic (exact) mass is 198 g/mol. The van der Waals surface area contributed by atoms with E-state index in [1.165, 1.54) is 38.6 Å². The van der Waals surface area contributed by atoms with Gasteiger partial charge in [-0.3, -0.25) is 0 Å². The maximum Gasteiger partial charge on any atom is 0.00792 e. The van der Waals surface area contributed by atoms with E-state index in [1.807, 2.05) is 0 Å². The van der Waals surface area contributed by atoms with Crippen molar-refractivity contribution >= 4 is 0 Å². The van der Waals surface area contributed by atoms with Crippen LogP contribution < -0.4 is 5.32 Å². The molecule has 2 heteroatoms. The first kappa shape index (κ1) is 12.0. The lowest BCUT2D eigenvalue weighted by atomic mass is 10.1. The fourth-order valence-corrected chi connectivity index (χ4v) is 1.89. The highest BCUT2D eigenvalue weighted by atomic mass is 15.1. The molecule has 0 spiro atoms. The highest BCUT2D eigenvalue weighted by molar-refractivity contribution is 4.77. The number of nitrogens with one attached hydrogen (secondary N) is 1. The topological polar surface area (TPSA) is 15.3 Å². The summed E-state index contributed by atoms with van der Waals surface area (Å²) in [5, 5.41) is 3.59. The van der Waals surface area contributed by atoms with Crippen LogP contribution in [0.2, 0.25) is 0 Å². The van der Waals surface area contributed by atoms with Crippen LogP contribution in [0, 0.1) is 5.92 Å². The Bertz CT molecular complexity index is 135. The predicted octanol–water partition coefficient (Wildman–Crippen LogP) is 2.11. The van der Waals surface area contributed by atoms with Crippen molar-refractivity contribution in [1.82, 2.24) is 10.2 Å². The van der Waals surface area contributed by atoms with Gasteiger partial charge in [-0.1, -0.05) is 19.8 Å². The van der Waals surface area contributed by atoms with Crippen molar-refractivity contribution in [3.05, 3.63) is 0 Å². The molecule has 1 aliphatic rings. The summed E-state index contributed by atoms with van der Waals surface area (Å²) in [7, 11) is 4.31. The SMILES string of the molecule is CCNC(CCC1CC1)CCN(C)C. The maximum atomic E-state index is 3.59. The van der Waals surface area contributed by atoms with Crippen LogP contribution >= 0.6 is 0 Å². The second kappa shape index (κ2) is 6.41. The number of hydrogen-bond donors (Lipinski definition) is 1. The van der Waals surface area contributed by atoms with Gasteiger partial charge in [0.1, 0.15) is 0 Å². The molecule has 0 radical (unpaired) electrons. The molecule has 0 aromatic carbocycles. The molecule has 2 nitrogen and oxygen atoms in total. The lowest BCUT2D eigenvalue weighted by Gasteiger charge is -2.19. The normalized spacial score (nSPS) is 18.9. The summed E-state index contributed by atoms with van der Waals surface area (Å²) in [6, 6.07) is 0.753. The molecule has 0 amide bonds. The molecular weight excluding hydrogens is 172 g/mol. The Labute approximate surface area is 89.1 Å². The molecule has 0 aliphatic heterocycles. The number of nitrogens with zero attached hydrogens (tertiary/aromatic N) is 1. The second-order valence-electron chi connectivity index (χ2n) is 4.87. The zero-order valence-electron chi connectivity index (χ0n) is 10.1. The average Bonchev–Trinajstić information content (AvgIpc) is 2.93. The van der Waals surface area contributed by atoms with Gasteiger partial charge in [-0.2, -0.15) is 0 Å². The van der Waals surface area contributed by atoms with Gasteiger partial charge < -0.3 is 10.2 Å². The zero-order valence-corrected chi connectivity index (χ0v) is 10.1. The first-order valence-electron chi connectivity index (χ1n) is 6.10. The van der Waals surface area contributed by atoms with Gasteiger partial charge in [0, 0.05) is 6.04 Å². The highest BCUT2D eigenvalue weighted by Crippen LogP contribution is 2.34. The molecule has 0 saturated heterocycles. The molecule has 1 fully saturated rings. The molecule has 1 N–H and O–H groups in total. The molecule has 14 heavy (non-hydrogen) atoms. The number of hydrogen-bond acceptors (Lipinski definition) is 2. The van der Waals surface area contributed by atoms with Gasteiger partial charge in [-0.25, -0.2) is 0 Å². The summed E-state index contributed by atoms with van der Waals surface area (Å²) in [4.78, 5) is 2.28. The largest absolute Gasteiger partial charge is 0.314 e. The van der Waals surface area contributed by atoms with Crippen LogP contribution in [0.4, 0.5) is 0 Å². The number of rotatable bonds is 8. The molecule has 0 aromatic rings. The summed E-state index contributed by atoms with van der Waals surface area (Å²) in [5.74, 6) is 1.08. The van der Waals surface area contributed by atoms with Crippen LogP contribution in [0.3, 0.4) is 0 Å². The van der Waals surface area contributed by atoms with Crippen molar-refractivity contribution in [3.8, 4) is 0 Å². The molecule has 1 atom stereocenters. The lowest BCUT2D eigenvalue weighted by Crippen LogP contribution is -2.32.